The molecule has 4 heteroatoms. The fourth-order valence-electron chi connectivity index (χ4n) is 2.37. The predicted molar refractivity (Wildman–Crippen MR) is 80.5 cm³/mol. The summed E-state index contributed by atoms with van der Waals surface area (Å²) in [5, 5.41) is 0. The van der Waals surface area contributed by atoms with Gasteiger partial charge in [0.1, 0.15) is 5.75 Å². The third-order valence-electron chi connectivity index (χ3n) is 3.43. The maximum atomic E-state index is 5.97. The zero-order chi connectivity index (χ0) is 14.4. The Bertz CT molecular complexity index is 530. The topological polar surface area (TPSA) is 51.4 Å². The number of rotatable bonds is 6. The standard InChI is InChI=1S/C16H21N3O/c1-19(12-13-7-9-18-10-8-13)15(11-17)14-5-3-4-6-16(14)20-2/h3-10,15H,11-12,17H2,1-2H3. The van der Waals surface area contributed by atoms with Gasteiger partial charge >= 0.3 is 0 Å². The lowest BCUT2D eigenvalue weighted by molar-refractivity contribution is 0.236. The van der Waals surface area contributed by atoms with Crippen LogP contribution < -0.4 is 10.5 Å². The molecular formula is C16H21N3O. The summed E-state index contributed by atoms with van der Waals surface area (Å²) in [4.78, 5) is 6.27. The second-order valence-electron chi connectivity index (χ2n) is 4.76. The predicted octanol–water partition coefficient (Wildman–Crippen LogP) is 2.22. The van der Waals surface area contributed by atoms with Crippen molar-refractivity contribution in [1.82, 2.24) is 9.88 Å². The van der Waals surface area contributed by atoms with Crippen LogP contribution in [0, 0.1) is 0 Å². The number of hydrogen-bond donors (Lipinski definition) is 1. The van der Waals surface area contributed by atoms with Crippen LogP contribution in [0.5, 0.6) is 5.75 Å². The molecule has 0 fully saturated rings. The highest BCUT2D eigenvalue weighted by Crippen LogP contribution is 2.28. The number of aromatic nitrogens is 1. The summed E-state index contributed by atoms with van der Waals surface area (Å²) in [6.07, 6.45) is 3.62. The van der Waals surface area contributed by atoms with Crippen LogP contribution in [0.3, 0.4) is 0 Å². The Labute approximate surface area is 120 Å². The molecule has 1 aromatic carbocycles. The number of nitrogens with two attached hydrogens (primary N) is 1. The van der Waals surface area contributed by atoms with Crippen LogP contribution in [0.15, 0.2) is 48.8 Å². The smallest absolute Gasteiger partial charge is 0.123 e. The molecule has 2 rings (SSSR count). The minimum atomic E-state index is 0.124. The van der Waals surface area contributed by atoms with Crippen molar-refractivity contribution in [2.75, 3.05) is 20.7 Å². The van der Waals surface area contributed by atoms with Crippen LogP contribution in [0.2, 0.25) is 0 Å². The molecule has 0 amide bonds. The number of likely N-dealkylation sites (N-methyl/N-ethyl adjacent to an activating group) is 1. The van der Waals surface area contributed by atoms with Crippen molar-refractivity contribution in [3.05, 3.63) is 59.9 Å². The van der Waals surface area contributed by atoms with E-state index in [0.717, 1.165) is 17.9 Å². The van der Waals surface area contributed by atoms with Gasteiger partial charge in [-0.15, -0.1) is 0 Å². The van der Waals surface area contributed by atoms with Crippen molar-refractivity contribution in [3.8, 4) is 5.75 Å². The van der Waals surface area contributed by atoms with E-state index in [1.165, 1.54) is 5.56 Å². The Hall–Kier alpha value is -1.91. The Morgan fingerprint density at radius 1 is 1.20 bits per heavy atom. The maximum Gasteiger partial charge on any atom is 0.123 e. The SMILES string of the molecule is COc1ccccc1C(CN)N(C)Cc1ccncc1. The molecule has 20 heavy (non-hydrogen) atoms. The third-order valence-corrected chi connectivity index (χ3v) is 3.43. The van der Waals surface area contributed by atoms with Crippen molar-refractivity contribution in [2.45, 2.75) is 12.6 Å². The van der Waals surface area contributed by atoms with Crippen LogP contribution in [0.1, 0.15) is 17.2 Å². The number of hydrogen-bond acceptors (Lipinski definition) is 4. The largest absolute Gasteiger partial charge is 0.496 e. The van der Waals surface area contributed by atoms with Crippen LogP contribution in [0.4, 0.5) is 0 Å². The van der Waals surface area contributed by atoms with Gasteiger partial charge in [-0.25, -0.2) is 0 Å². The lowest BCUT2D eigenvalue weighted by atomic mass is 10.0. The zero-order valence-electron chi connectivity index (χ0n) is 12.0. The lowest BCUT2D eigenvalue weighted by Crippen LogP contribution is -2.30. The van der Waals surface area contributed by atoms with Gasteiger partial charge in [0.05, 0.1) is 13.2 Å². The van der Waals surface area contributed by atoms with E-state index in [2.05, 4.69) is 23.0 Å². The number of nitrogens with zero attached hydrogens (tertiary/aromatic N) is 2. The van der Waals surface area contributed by atoms with Crippen LogP contribution in [-0.4, -0.2) is 30.6 Å². The van der Waals surface area contributed by atoms with Gasteiger partial charge < -0.3 is 10.5 Å². The number of benzene rings is 1. The van der Waals surface area contributed by atoms with Crippen molar-refractivity contribution in [2.24, 2.45) is 5.73 Å². The molecule has 0 saturated carbocycles. The molecule has 0 saturated heterocycles. The van der Waals surface area contributed by atoms with Gasteiger partial charge in [0.25, 0.3) is 0 Å². The van der Waals surface area contributed by atoms with E-state index in [1.807, 2.05) is 42.7 Å². The van der Waals surface area contributed by atoms with E-state index in [4.69, 9.17) is 10.5 Å². The van der Waals surface area contributed by atoms with E-state index in [0.29, 0.717) is 6.54 Å². The van der Waals surface area contributed by atoms with Crippen LogP contribution in [0.25, 0.3) is 0 Å². The monoisotopic (exact) mass is 271 g/mol. The van der Waals surface area contributed by atoms with Gasteiger partial charge in [-0.3, -0.25) is 9.88 Å². The van der Waals surface area contributed by atoms with Crippen molar-refractivity contribution < 1.29 is 4.74 Å². The molecule has 1 unspecified atom stereocenters. The fraction of sp³-hybridized carbons (Fsp3) is 0.312. The highest BCUT2D eigenvalue weighted by molar-refractivity contribution is 5.36. The molecule has 4 nitrogen and oxygen atoms in total. The van der Waals surface area contributed by atoms with Crippen molar-refractivity contribution in [1.29, 1.82) is 0 Å². The molecule has 0 bridgehead atoms. The minimum Gasteiger partial charge on any atom is -0.496 e. The summed E-state index contributed by atoms with van der Waals surface area (Å²) in [5.74, 6) is 0.879. The molecule has 0 aliphatic rings. The van der Waals surface area contributed by atoms with Crippen molar-refractivity contribution in [3.63, 3.8) is 0 Å². The molecule has 106 valence electrons. The minimum absolute atomic E-state index is 0.124. The molecule has 1 aromatic heterocycles. The second kappa shape index (κ2) is 7.03. The zero-order valence-corrected chi connectivity index (χ0v) is 12.0. The fourth-order valence-corrected chi connectivity index (χ4v) is 2.37. The summed E-state index contributed by atoms with van der Waals surface area (Å²) >= 11 is 0. The summed E-state index contributed by atoms with van der Waals surface area (Å²) in [7, 11) is 3.76. The first-order chi connectivity index (χ1) is 9.76. The molecule has 0 aliphatic carbocycles. The normalized spacial score (nSPS) is 12.4. The average Bonchev–Trinajstić information content (AvgIpc) is 2.49. The summed E-state index contributed by atoms with van der Waals surface area (Å²) in [5.41, 5.74) is 8.31. The molecule has 1 heterocycles. The van der Waals surface area contributed by atoms with Gasteiger partial charge in [-0.2, -0.15) is 0 Å². The molecule has 2 N–H and O–H groups in total. The van der Waals surface area contributed by atoms with Gasteiger partial charge in [0.15, 0.2) is 0 Å². The first-order valence-corrected chi connectivity index (χ1v) is 6.68. The number of pyridine rings is 1. The average molecular weight is 271 g/mol. The highest BCUT2D eigenvalue weighted by Gasteiger charge is 2.19. The van der Waals surface area contributed by atoms with Crippen LogP contribution in [-0.2, 0) is 6.54 Å². The van der Waals surface area contributed by atoms with Crippen molar-refractivity contribution >= 4 is 0 Å². The van der Waals surface area contributed by atoms with Gasteiger partial charge in [0, 0.05) is 31.0 Å². The Morgan fingerprint density at radius 3 is 2.55 bits per heavy atom. The molecule has 0 radical (unpaired) electrons. The molecule has 2 aromatic rings. The molecule has 0 aliphatic heterocycles. The van der Waals surface area contributed by atoms with E-state index in [1.54, 1.807) is 7.11 Å². The number of methoxy groups -OCH3 is 1. The number of para-hydroxylation sites is 1. The first kappa shape index (κ1) is 14.5. The Balaban J connectivity index is 2.19. The Kier molecular flexibility index (Phi) is 5.09. The van der Waals surface area contributed by atoms with E-state index in [-0.39, 0.29) is 6.04 Å². The summed E-state index contributed by atoms with van der Waals surface area (Å²) in [6.45, 7) is 1.37. The maximum absolute atomic E-state index is 5.97. The highest BCUT2D eigenvalue weighted by atomic mass is 16.5. The van der Waals surface area contributed by atoms with E-state index >= 15 is 0 Å². The third kappa shape index (κ3) is 3.35. The molecule has 0 spiro atoms. The lowest BCUT2D eigenvalue weighted by Gasteiger charge is -2.28. The van der Waals surface area contributed by atoms with Gasteiger partial charge in [-0.05, 0) is 30.8 Å². The Morgan fingerprint density at radius 2 is 1.90 bits per heavy atom. The van der Waals surface area contributed by atoms with E-state index in [9.17, 15) is 0 Å². The van der Waals surface area contributed by atoms with Crippen LogP contribution >= 0.6 is 0 Å². The van der Waals surface area contributed by atoms with E-state index < -0.39 is 0 Å². The molecular weight excluding hydrogens is 250 g/mol. The number of ether oxygens (including phenoxy) is 1. The second-order valence-corrected chi connectivity index (χ2v) is 4.76. The summed E-state index contributed by atoms with van der Waals surface area (Å²) < 4.78 is 5.44. The first-order valence-electron chi connectivity index (χ1n) is 6.68. The van der Waals surface area contributed by atoms with Gasteiger partial charge in [-0.1, -0.05) is 18.2 Å². The summed E-state index contributed by atoms with van der Waals surface area (Å²) in [6, 6.07) is 12.2. The van der Waals surface area contributed by atoms with Gasteiger partial charge in [0.2, 0.25) is 0 Å². The quantitative estimate of drug-likeness (QED) is 0.875. The molecule has 1 atom stereocenters.